The van der Waals surface area contributed by atoms with Crippen LogP contribution in [0.3, 0.4) is 0 Å². The standard InChI is InChI=1S/C9H22N2/c1-6-10(7-2)11(8-3)9(4)5/h9H,6-8H2,1-5H3. The minimum Gasteiger partial charge on any atom is -0.242 e. The fourth-order valence-electron chi connectivity index (χ4n) is 1.48. The summed E-state index contributed by atoms with van der Waals surface area (Å²) >= 11 is 0. The summed E-state index contributed by atoms with van der Waals surface area (Å²) < 4.78 is 0. The average Bonchev–Trinajstić information content (AvgIpc) is 1.99. The lowest BCUT2D eigenvalue weighted by atomic mass is 10.3. The first-order chi connectivity index (χ1) is 5.17. The Labute approximate surface area is 71.1 Å². The first-order valence-electron chi connectivity index (χ1n) is 4.68. The molecule has 0 fully saturated rings. The van der Waals surface area contributed by atoms with Gasteiger partial charge in [0.25, 0.3) is 0 Å². The van der Waals surface area contributed by atoms with Gasteiger partial charge in [-0.2, -0.15) is 0 Å². The van der Waals surface area contributed by atoms with Crippen molar-refractivity contribution in [3.8, 4) is 0 Å². The largest absolute Gasteiger partial charge is 0.242 e. The molecule has 11 heavy (non-hydrogen) atoms. The van der Waals surface area contributed by atoms with Crippen LogP contribution in [-0.2, 0) is 0 Å². The molecule has 0 spiro atoms. The Morgan fingerprint density at radius 2 is 1.36 bits per heavy atom. The highest BCUT2D eigenvalue weighted by Gasteiger charge is 2.12. The summed E-state index contributed by atoms with van der Waals surface area (Å²) in [6.45, 7) is 14.4. The molecule has 0 aromatic heterocycles. The van der Waals surface area contributed by atoms with Crippen molar-refractivity contribution in [2.75, 3.05) is 19.6 Å². The van der Waals surface area contributed by atoms with Gasteiger partial charge in [0.15, 0.2) is 0 Å². The predicted molar refractivity (Wildman–Crippen MR) is 50.4 cm³/mol. The Kier molecular flexibility index (Phi) is 5.51. The topological polar surface area (TPSA) is 6.48 Å². The summed E-state index contributed by atoms with van der Waals surface area (Å²) in [5.41, 5.74) is 0. The van der Waals surface area contributed by atoms with Gasteiger partial charge in [-0.25, -0.2) is 10.0 Å². The van der Waals surface area contributed by atoms with E-state index in [9.17, 15) is 0 Å². The molecule has 0 N–H and O–H groups in total. The van der Waals surface area contributed by atoms with E-state index in [0.29, 0.717) is 6.04 Å². The van der Waals surface area contributed by atoms with Crippen molar-refractivity contribution in [3.05, 3.63) is 0 Å². The van der Waals surface area contributed by atoms with E-state index < -0.39 is 0 Å². The predicted octanol–water partition coefficient (Wildman–Crippen LogP) is 1.97. The van der Waals surface area contributed by atoms with Crippen LogP contribution in [0.4, 0.5) is 0 Å². The monoisotopic (exact) mass is 158 g/mol. The minimum absolute atomic E-state index is 0.625. The lowest BCUT2D eigenvalue weighted by Gasteiger charge is -2.35. The van der Waals surface area contributed by atoms with Gasteiger partial charge < -0.3 is 0 Å². The SMILES string of the molecule is CCN(CC)N(CC)C(C)C. The minimum atomic E-state index is 0.625. The fourth-order valence-corrected chi connectivity index (χ4v) is 1.48. The van der Waals surface area contributed by atoms with Crippen LogP contribution < -0.4 is 0 Å². The number of hydrogen-bond donors (Lipinski definition) is 0. The molecule has 0 heterocycles. The van der Waals surface area contributed by atoms with E-state index in [0.717, 1.165) is 19.6 Å². The molecule has 0 aliphatic heterocycles. The summed E-state index contributed by atoms with van der Waals surface area (Å²) in [5, 5.41) is 4.78. The first-order valence-corrected chi connectivity index (χ1v) is 4.68. The van der Waals surface area contributed by atoms with E-state index in [4.69, 9.17) is 0 Å². The van der Waals surface area contributed by atoms with Gasteiger partial charge in [-0.3, -0.25) is 0 Å². The van der Waals surface area contributed by atoms with Crippen LogP contribution in [0, 0.1) is 0 Å². The fraction of sp³-hybridized carbons (Fsp3) is 1.00. The zero-order valence-electron chi connectivity index (χ0n) is 8.59. The van der Waals surface area contributed by atoms with Gasteiger partial charge in [-0.1, -0.05) is 20.8 Å². The Bertz CT molecular complexity index is 87.6. The molecule has 0 saturated heterocycles. The van der Waals surface area contributed by atoms with Gasteiger partial charge in [-0.05, 0) is 13.8 Å². The van der Waals surface area contributed by atoms with Gasteiger partial charge in [0.1, 0.15) is 0 Å². The third-order valence-corrected chi connectivity index (χ3v) is 2.01. The van der Waals surface area contributed by atoms with Crippen molar-refractivity contribution in [2.45, 2.75) is 40.7 Å². The summed E-state index contributed by atoms with van der Waals surface area (Å²) in [4.78, 5) is 0. The number of nitrogens with zero attached hydrogens (tertiary/aromatic N) is 2. The van der Waals surface area contributed by atoms with Crippen LogP contribution in [-0.4, -0.2) is 35.7 Å². The molecule has 0 aliphatic rings. The normalized spacial score (nSPS) is 12.0. The molecule has 2 nitrogen and oxygen atoms in total. The Balaban J connectivity index is 3.98. The highest BCUT2D eigenvalue weighted by atomic mass is 15.6. The summed E-state index contributed by atoms with van der Waals surface area (Å²) in [5.74, 6) is 0. The maximum Gasteiger partial charge on any atom is 0.0189 e. The summed E-state index contributed by atoms with van der Waals surface area (Å²) in [6.07, 6.45) is 0. The van der Waals surface area contributed by atoms with Crippen LogP contribution in [0.15, 0.2) is 0 Å². The van der Waals surface area contributed by atoms with Crippen molar-refractivity contribution in [2.24, 2.45) is 0 Å². The molecule has 0 amide bonds. The van der Waals surface area contributed by atoms with Gasteiger partial charge in [-0.15, -0.1) is 0 Å². The summed E-state index contributed by atoms with van der Waals surface area (Å²) in [6, 6.07) is 0.625. The first kappa shape index (κ1) is 10.9. The Morgan fingerprint density at radius 3 is 1.45 bits per heavy atom. The second kappa shape index (κ2) is 5.56. The second-order valence-electron chi connectivity index (χ2n) is 2.99. The highest BCUT2D eigenvalue weighted by Crippen LogP contribution is 2.02. The zero-order chi connectivity index (χ0) is 8.85. The van der Waals surface area contributed by atoms with E-state index >= 15 is 0 Å². The molecular weight excluding hydrogens is 136 g/mol. The van der Waals surface area contributed by atoms with E-state index in [1.165, 1.54) is 0 Å². The lowest BCUT2D eigenvalue weighted by Crippen LogP contribution is -2.46. The van der Waals surface area contributed by atoms with Crippen LogP contribution in [0.5, 0.6) is 0 Å². The van der Waals surface area contributed by atoms with Crippen molar-refractivity contribution in [1.29, 1.82) is 0 Å². The quantitative estimate of drug-likeness (QED) is 0.564. The van der Waals surface area contributed by atoms with Gasteiger partial charge in [0.05, 0.1) is 0 Å². The van der Waals surface area contributed by atoms with Crippen molar-refractivity contribution >= 4 is 0 Å². The number of rotatable bonds is 5. The van der Waals surface area contributed by atoms with E-state index in [1.54, 1.807) is 0 Å². The highest BCUT2D eigenvalue weighted by molar-refractivity contribution is 4.57. The van der Waals surface area contributed by atoms with E-state index in [-0.39, 0.29) is 0 Å². The molecule has 0 atom stereocenters. The molecule has 0 bridgehead atoms. The maximum absolute atomic E-state index is 2.40. The second-order valence-corrected chi connectivity index (χ2v) is 2.99. The molecule has 0 rings (SSSR count). The van der Waals surface area contributed by atoms with Crippen molar-refractivity contribution < 1.29 is 0 Å². The van der Waals surface area contributed by atoms with Gasteiger partial charge in [0, 0.05) is 25.7 Å². The zero-order valence-corrected chi connectivity index (χ0v) is 8.59. The third-order valence-electron chi connectivity index (χ3n) is 2.01. The molecule has 2 heteroatoms. The van der Waals surface area contributed by atoms with E-state index in [1.807, 2.05) is 0 Å². The summed E-state index contributed by atoms with van der Waals surface area (Å²) in [7, 11) is 0. The average molecular weight is 158 g/mol. The van der Waals surface area contributed by atoms with Gasteiger partial charge >= 0.3 is 0 Å². The molecule has 0 saturated carbocycles. The Morgan fingerprint density at radius 1 is 0.909 bits per heavy atom. The van der Waals surface area contributed by atoms with Crippen LogP contribution in [0.25, 0.3) is 0 Å². The molecule has 0 unspecified atom stereocenters. The molecule has 0 radical (unpaired) electrons. The number of hydrogen-bond acceptors (Lipinski definition) is 2. The molecule has 0 aromatic rings. The van der Waals surface area contributed by atoms with Crippen LogP contribution in [0.2, 0.25) is 0 Å². The maximum atomic E-state index is 2.40. The smallest absolute Gasteiger partial charge is 0.0189 e. The Hall–Kier alpha value is -0.0800. The third kappa shape index (κ3) is 3.21. The number of hydrazine groups is 1. The van der Waals surface area contributed by atoms with E-state index in [2.05, 4.69) is 44.6 Å². The molecule has 0 aromatic carbocycles. The van der Waals surface area contributed by atoms with Gasteiger partial charge in [0.2, 0.25) is 0 Å². The molecule has 0 aliphatic carbocycles. The molecular formula is C9H22N2. The molecule has 68 valence electrons. The van der Waals surface area contributed by atoms with Crippen LogP contribution >= 0.6 is 0 Å². The van der Waals surface area contributed by atoms with Crippen molar-refractivity contribution in [1.82, 2.24) is 10.0 Å². The lowest BCUT2D eigenvalue weighted by molar-refractivity contribution is -0.0381. The van der Waals surface area contributed by atoms with Crippen LogP contribution in [0.1, 0.15) is 34.6 Å². The van der Waals surface area contributed by atoms with Crippen molar-refractivity contribution in [3.63, 3.8) is 0 Å².